The first kappa shape index (κ1) is 17.2. The number of hydrogen-bond acceptors (Lipinski definition) is 8. The SMILES string of the molecule is CN(C)c1ccnc2c1C1N=CN(c3nnc(C(F)(F)F)s3)C(=O)C1S2. The van der Waals surface area contributed by atoms with Crippen molar-refractivity contribution in [3.8, 4) is 0 Å². The van der Waals surface area contributed by atoms with E-state index in [0.29, 0.717) is 16.4 Å². The third kappa shape index (κ3) is 2.63. The highest BCUT2D eigenvalue weighted by molar-refractivity contribution is 8.01. The fraction of sp³-hybridized carbons (Fsp3) is 0.357. The van der Waals surface area contributed by atoms with Crippen LogP contribution in [-0.2, 0) is 11.0 Å². The van der Waals surface area contributed by atoms with Gasteiger partial charge >= 0.3 is 6.18 Å². The number of carbonyl (C=O) groups excluding carboxylic acids is 1. The van der Waals surface area contributed by atoms with Gasteiger partial charge in [-0.2, -0.15) is 13.2 Å². The lowest BCUT2D eigenvalue weighted by molar-refractivity contribution is -0.138. The van der Waals surface area contributed by atoms with Gasteiger partial charge in [0.05, 0.1) is 6.34 Å². The standard InChI is InChI=1S/C14H11F3N6OS2/c1-22(2)6-3-4-18-10-7(6)8-9(25-10)11(24)23(5-19-8)13-21-20-12(26-13)14(15,16)17/h3-5,8-9H,1-2H3. The Kier molecular flexibility index (Phi) is 3.91. The van der Waals surface area contributed by atoms with E-state index in [-0.39, 0.29) is 11.0 Å². The van der Waals surface area contributed by atoms with Gasteiger partial charge in [0.15, 0.2) is 0 Å². The predicted octanol–water partition coefficient (Wildman–Crippen LogP) is 2.61. The van der Waals surface area contributed by atoms with Crippen LogP contribution in [0.1, 0.15) is 16.6 Å². The number of alkyl halides is 3. The molecule has 0 saturated heterocycles. The fourth-order valence-corrected chi connectivity index (χ4v) is 4.74. The Labute approximate surface area is 153 Å². The van der Waals surface area contributed by atoms with Crippen molar-refractivity contribution in [2.45, 2.75) is 22.5 Å². The lowest BCUT2D eigenvalue weighted by Crippen LogP contribution is -2.42. The summed E-state index contributed by atoms with van der Waals surface area (Å²) in [6.45, 7) is 0. The summed E-state index contributed by atoms with van der Waals surface area (Å²) in [6.07, 6.45) is -1.71. The van der Waals surface area contributed by atoms with E-state index in [4.69, 9.17) is 0 Å². The van der Waals surface area contributed by atoms with E-state index in [1.54, 1.807) is 6.20 Å². The monoisotopic (exact) mass is 400 g/mol. The Hall–Kier alpha value is -2.21. The third-order valence-electron chi connectivity index (χ3n) is 3.92. The number of anilines is 2. The maximum absolute atomic E-state index is 12.8. The molecule has 26 heavy (non-hydrogen) atoms. The number of aliphatic imine (C=N–C) groups is 1. The molecule has 2 aliphatic heterocycles. The molecule has 0 bridgehead atoms. The van der Waals surface area contributed by atoms with Crippen molar-refractivity contribution < 1.29 is 18.0 Å². The zero-order valence-corrected chi connectivity index (χ0v) is 15.1. The number of rotatable bonds is 2. The summed E-state index contributed by atoms with van der Waals surface area (Å²) < 4.78 is 38.2. The van der Waals surface area contributed by atoms with Gasteiger partial charge in [0, 0.05) is 31.5 Å². The summed E-state index contributed by atoms with van der Waals surface area (Å²) in [7, 11) is 3.77. The van der Waals surface area contributed by atoms with Crippen LogP contribution in [0.5, 0.6) is 0 Å². The second kappa shape index (κ2) is 5.91. The highest BCUT2D eigenvalue weighted by atomic mass is 32.2. The number of amides is 1. The quantitative estimate of drug-likeness (QED) is 0.772. The van der Waals surface area contributed by atoms with Crippen LogP contribution in [0.2, 0.25) is 0 Å². The zero-order valence-electron chi connectivity index (χ0n) is 13.4. The molecule has 4 heterocycles. The average molecular weight is 400 g/mol. The molecule has 0 N–H and O–H groups in total. The van der Waals surface area contributed by atoms with Gasteiger partial charge in [-0.1, -0.05) is 23.1 Å². The Morgan fingerprint density at radius 2 is 2.04 bits per heavy atom. The van der Waals surface area contributed by atoms with Crippen molar-refractivity contribution in [2.24, 2.45) is 4.99 Å². The third-order valence-corrected chi connectivity index (χ3v) is 6.15. The van der Waals surface area contributed by atoms with Crippen LogP contribution >= 0.6 is 23.1 Å². The maximum atomic E-state index is 12.8. The van der Waals surface area contributed by atoms with E-state index in [0.717, 1.165) is 16.2 Å². The molecule has 0 spiro atoms. The van der Waals surface area contributed by atoms with Gasteiger partial charge in [-0.25, -0.2) is 9.88 Å². The van der Waals surface area contributed by atoms with Crippen molar-refractivity contribution in [3.63, 3.8) is 0 Å². The highest BCUT2D eigenvalue weighted by Gasteiger charge is 2.46. The number of nitrogens with zero attached hydrogens (tertiary/aromatic N) is 6. The topological polar surface area (TPSA) is 74.6 Å². The molecule has 1 amide bonds. The molecule has 136 valence electrons. The van der Waals surface area contributed by atoms with Gasteiger partial charge in [-0.3, -0.25) is 9.79 Å². The van der Waals surface area contributed by atoms with E-state index in [9.17, 15) is 18.0 Å². The summed E-state index contributed by atoms with van der Waals surface area (Å²) in [5.41, 5.74) is 1.76. The van der Waals surface area contributed by atoms with Gasteiger partial charge in [-0.15, -0.1) is 10.2 Å². The van der Waals surface area contributed by atoms with E-state index >= 15 is 0 Å². The highest BCUT2D eigenvalue weighted by Crippen LogP contribution is 2.50. The number of carbonyl (C=O) groups is 1. The summed E-state index contributed by atoms with van der Waals surface area (Å²) in [5.74, 6) is -0.386. The molecule has 2 aromatic heterocycles. The average Bonchev–Trinajstić information content (AvgIpc) is 3.19. The summed E-state index contributed by atoms with van der Waals surface area (Å²) >= 11 is 1.57. The van der Waals surface area contributed by atoms with Crippen molar-refractivity contribution in [1.29, 1.82) is 0 Å². The molecule has 0 aromatic carbocycles. The lowest BCUT2D eigenvalue weighted by Gasteiger charge is -2.27. The van der Waals surface area contributed by atoms with Crippen LogP contribution in [0.25, 0.3) is 0 Å². The zero-order chi connectivity index (χ0) is 18.6. The van der Waals surface area contributed by atoms with Gasteiger partial charge in [0.2, 0.25) is 16.0 Å². The number of fused-ring (bicyclic) bond motifs is 3. The Morgan fingerprint density at radius 1 is 1.27 bits per heavy atom. The van der Waals surface area contributed by atoms with Crippen molar-refractivity contribution >= 4 is 46.2 Å². The van der Waals surface area contributed by atoms with Gasteiger partial charge in [-0.05, 0) is 6.07 Å². The molecule has 0 saturated carbocycles. The Balaban J connectivity index is 1.69. The molecular weight excluding hydrogens is 389 g/mol. The Morgan fingerprint density at radius 3 is 2.69 bits per heavy atom. The fourth-order valence-electron chi connectivity index (χ4n) is 2.78. The second-order valence-electron chi connectivity index (χ2n) is 5.79. The van der Waals surface area contributed by atoms with Crippen LogP contribution in [0, 0.1) is 0 Å². The number of aromatic nitrogens is 3. The van der Waals surface area contributed by atoms with E-state index in [2.05, 4.69) is 20.2 Å². The Bertz CT molecular complexity index is 912. The maximum Gasteiger partial charge on any atom is 0.445 e. The van der Waals surface area contributed by atoms with Crippen LogP contribution in [-0.4, -0.2) is 46.8 Å². The molecule has 0 aliphatic carbocycles. The first-order chi connectivity index (χ1) is 12.3. The lowest BCUT2D eigenvalue weighted by atomic mass is 10.0. The van der Waals surface area contributed by atoms with Gasteiger partial charge in [0.25, 0.3) is 0 Å². The second-order valence-corrected chi connectivity index (χ2v) is 7.87. The van der Waals surface area contributed by atoms with Crippen LogP contribution in [0.3, 0.4) is 0 Å². The minimum Gasteiger partial charge on any atom is -0.377 e. The van der Waals surface area contributed by atoms with Gasteiger partial charge in [0.1, 0.15) is 16.3 Å². The van der Waals surface area contributed by atoms with E-state index < -0.39 is 22.5 Å². The van der Waals surface area contributed by atoms with Crippen LogP contribution in [0.4, 0.5) is 24.0 Å². The van der Waals surface area contributed by atoms with Crippen molar-refractivity contribution in [2.75, 3.05) is 23.9 Å². The normalized spacial score (nSPS) is 21.7. The number of hydrogen-bond donors (Lipinski definition) is 0. The molecule has 2 aromatic rings. The predicted molar refractivity (Wildman–Crippen MR) is 91.8 cm³/mol. The summed E-state index contributed by atoms with van der Waals surface area (Å²) in [4.78, 5) is 24.5. The number of thioether (sulfide) groups is 1. The minimum atomic E-state index is -4.60. The first-order valence-corrected chi connectivity index (χ1v) is 9.07. The van der Waals surface area contributed by atoms with E-state index in [1.807, 2.05) is 25.1 Å². The van der Waals surface area contributed by atoms with E-state index in [1.165, 1.54) is 18.1 Å². The molecule has 4 rings (SSSR count). The summed E-state index contributed by atoms with van der Waals surface area (Å²) in [6, 6.07) is 1.41. The van der Waals surface area contributed by atoms with Gasteiger partial charge < -0.3 is 4.90 Å². The molecule has 2 unspecified atom stereocenters. The number of halogens is 3. The molecule has 12 heteroatoms. The first-order valence-electron chi connectivity index (χ1n) is 7.37. The largest absolute Gasteiger partial charge is 0.445 e. The molecular formula is C14H11F3N6OS2. The molecule has 0 radical (unpaired) electrons. The molecule has 2 atom stereocenters. The van der Waals surface area contributed by atoms with Crippen LogP contribution in [0.15, 0.2) is 22.3 Å². The smallest absolute Gasteiger partial charge is 0.377 e. The molecule has 7 nitrogen and oxygen atoms in total. The minimum absolute atomic E-state index is 0.151. The van der Waals surface area contributed by atoms with Crippen molar-refractivity contribution in [3.05, 3.63) is 22.8 Å². The molecule has 0 fully saturated rings. The van der Waals surface area contributed by atoms with Crippen molar-refractivity contribution in [1.82, 2.24) is 15.2 Å². The number of pyridine rings is 1. The molecule has 2 aliphatic rings. The summed E-state index contributed by atoms with van der Waals surface area (Å²) in [5, 5.41) is 5.47. The van der Waals surface area contributed by atoms with Crippen LogP contribution < -0.4 is 9.80 Å².